The number of aliphatic hydroxyl groups is 1. The molecule has 0 radical (unpaired) electrons. The minimum Gasteiger partial charge on any atom is -0.488 e. The first-order valence-electron chi connectivity index (χ1n) is 4.34. The molecule has 0 spiro atoms. The number of aliphatic hydroxyl groups excluding tert-OH is 1. The van der Waals surface area contributed by atoms with Gasteiger partial charge in [0.05, 0.1) is 6.10 Å². The molecule has 1 atom stereocenters. The summed E-state index contributed by atoms with van der Waals surface area (Å²) >= 11 is 3.21. The molecule has 0 bridgehead atoms. The fraction of sp³-hybridized carbons (Fsp3) is 0.273. The van der Waals surface area contributed by atoms with Crippen LogP contribution in [0.1, 0.15) is 18.6 Å². The Kier molecular flexibility index (Phi) is 4.17. The Morgan fingerprint density at radius 1 is 1.57 bits per heavy atom. The van der Waals surface area contributed by atoms with Crippen LogP contribution in [0.5, 0.6) is 5.75 Å². The van der Waals surface area contributed by atoms with E-state index in [1.807, 2.05) is 24.3 Å². The zero-order chi connectivity index (χ0) is 10.6. The largest absolute Gasteiger partial charge is 0.488 e. The third-order valence-corrected chi connectivity index (χ3v) is 1.98. The number of rotatable bonds is 4. The topological polar surface area (TPSA) is 29.5 Å². The lowest BCUT2D eigenvalue weighted by Gasteiger charge is -2.12. The van der Waals surface area contributed by atoms with E-state index in [0.717, 1.165) is 10.0 Å². The molecule has 0 heterocycles. The van der Waals surface area contributed by atoms with E-state index in [0.29, 0.717) is 12.4 Å². The Morgan fingerprint density at radius 3 is 2.79 bits per heavy atom. The molecule has 14 heavy (non-hydrogen) atoms. The lowest BCUT2D eigenvalue weighted by Crippen LogP contribution is -2.01. The Hall–Kier alpha value is -0.800. The molecule has 1 aromatic rings. The predicted molar refractivity (Wildman–Crippen MR) is 60.6 cm³/mol. The molecule has 0 aliphatic carbocycles. The van der Waals surface area contributed by atoms with Gasteiger partial charge in [-0.1, -0.05) is 40.7 Å². The molecule has 0 saturated carbocycles. The minimum atomic E-state index is -0.519. The van der Waals surface area contributed by atoms with Gasteiger partial charge >= 0.3 is 0 Å². The van der Waals surface area contributed by atoms with Crippen molar-refractivity contribution >= 4 is 15.9 Å². The predicted octanol–water partition coefficient (Wildman–Crippen LogP) is 3.03. The van der Waals surface area contributed by atoms with E-state index in [-0.39, 0.29) is 0 Å². The standard InChI is InChI=1S/C11H13BrO2/c1-8(12)7-14-11-6-4-3-5-10(11)9(2)13/h3-6,9,13H,1,7H2,2H3. The molecule has 1 unspecified atom stereocenters. The normalized spacial score (nSPS) is 12.2. The summed E-state index contributed by atoms with van der Waals surface area (Å²) < 4.78 is 6.23. The smallest absolute Gasteiger partial charge is 0.125 e. The van der Waals surface area contributed by atoms with E-state index in [9.17, 15) is 5.11 Å². The molecular formula is C11H13BrO2. The summed E-state index contributed by atoms with van der Waals surface area (Å²) in [5, 5.41) is 9.46. The second-order valence-electron chi connectivity index (χ2n) is 3.02. The first-order chi connectivity index (χ1) is 6.61. The van der Waals surface area contributed by atoms with Crippen molar-refractivity contribution in [1.82, 2.24) is 0 Å². The Morgan fingerprint density at radius 2 is 2.21 bits per heavy atom. The fourth-order valence-electron chi connectivity index (χ4n) is 1.11. The summed E-state index contributed by atoms with van der Waals surface area (Å²) in [5.41, 5.74) is 0.793. The van der Waals surface area contributed by atoms with Crippen LogP contribution in [0.15, 0.2) is 35.3 Å². The van der Waals surface area contributed by atoms with E-state index in [2.05, 4.69) is 22.5 Å². The van der Waals surface area contributed by atoms with Gasteiger partial charge in [-0.05, 0) is 13.0 Å². The third kappa shape index (κ3) is 3.16. The van der Waals surface area contributed by atoms with Gasteiger partial charge in [0.15, 0.2) is 0 Å². The zero-order valence-electron chi connectivity index (χ0n) is 8.03. The van der Waals surface area contributed by atoms with Crippen molar-refractivity contribution in [3.8, 4) is 5.75 Å². The van der Waals surface area contributed by atoms with Crippen molar-refractivity contribution in [2.75, 3.05) is 6.61 Å². The number of ether oxygens (including phenoxy) is 1. The van der Waals surface area contributed by atoms with Gasteiger partial charge in [0, 0.05) is 10.0 Å². The number of hydrogen-bond donors (Lipinski definition) is 1. The first-order valence-corrected chi connectivity index (χ1v) is 5.13. The zero-order valence-corrected chi connectivity index (χ0v) is 9.62. The summed E-state index contributed by atoms with van der Waals surface area (Å²) in [4.78, 5) is 0. The molecule has 0 amide bonds. The van der Waals surface area contributed by atoms with Gasteiger partial charge in [-0.25, -0.2) is 0 Å². The van der Waals surface area contributed by atoms with E-state index < -0.39 is 6.10 Å². The molecule has 1 rings (SSSR count). The maximum absolute atomic E-state index is 9.46. The molecule has 0 fully saturated rings. The summed E-state index contributed by atoms with van der Waals surface area (Å²) in [6.07, 6.45) is -0.519. The highest BCUT2D eigenvalue weighted by Gasteiger charge is 2.07. The van der Waals surface area contributed by atoms with Gasteiger partial charge < -0.3 is 9.84 Å². The average Bonchev–Trinajstić information content (AvgIpc) is 2.15. The fourth-order valence-corrected chi connectivity index (χ4v) is 1.23. The van der Waals surface area contributed by atoms with E-state index >= 15 is 0 Å². The number of hydrogen-bond acceptors (Lipinski definition) is 2. The van der Waals surface area contributed by atoms with Crippen LogP contribution in [-0.4, -0.2) is 11.7 Å². The van der Waals surface area contributed by atoms with E-state index in [4.69, 9.17) is 4.74 Å². The average molecular weight is 257 g/mol. The quantitative estimate of drug-likeness (QED) is 0.898. The summed E-state index contributed by atoms with van der Waals surface area (Å²) in [5.74, 6) is 0.697. The van der Waals surface area contributed by atoms with Gasteiger partial charge in [-0.2, -0.15) is 0 Å². The molecule has 1 N–H and O–H groups in total. The third-order valence-electron chi connectivity index (χ3n) is 1.75. The van der Waals surface area contributed by atoms with Crippen LogP contribution in [0, 0.1) is 0 Å². The van der Waals surface area contributed by atoms with Crippen LogP contribution >= 0.6 is 15.9 Å². The van der Waals surface area contributed by atoms with E-state index in [1.165, 1.54) is 0 Å². The summed E-state index contributed by atoms with van der Waals surface area (Å²) in [7, 11) is 0. The number of benzene rings is 1. The second-order valence-corrected chi connectivity index (χ2v) is 4.14. The van der Waals surface area contributed by atoms with Crippen LogP contribution < -0.4 is 4.74 Å². The van der Waals surface area contributed by atoms with Crippen LogP contribution in [-0.2, 0) is 0 Å². The minimum absolute atomic E-state index is 0.406. The monoisotopic (exact) mass is 256 g/mol. The highest BCUT2D eigenvalue weighted by atomic mass is 79.9. The first kappa shape index (κ1) is 11.3. The molecule has 0 aromatic heterocycles. The Balaban J connectivity index is 2.79. The molecule has 0 saturated heterocycles. The Bertz CT molecular complexity index is 321. The van der Waals surface area contributed by atoms with Gasteiger partial charge in [0.2, 0.25) is 0 Å². The van der Waals surface area contributed by atoms with Gasteiger partial charge in [0.25, 0.3) is 0 Å². The van der Waals surface area contributed by atoms with Crippen LogP contribution in [0.3, 0.4) is 0 Å². The van der Waals surface area contributed by atoms with Gasteiger partial charge in [0.1, 0.15) is 12.4 Å². The Labute approximate surface area is 92.3 Å². The lowest BCUT2D eigenvalue weighted by molar-refractivity contribution is 0.193. The van der Waals surface area contributed by atoms with Crippen molar-refractivity contribution in [3.05, 3.63) is 40.9 Å². The molecule has 0 aliphatic rings. The van der Waals surface area contributed by atoms with Crippen LogP contribution in [0.2, 0.25) is 0 Å². The number of halogens is 1. The van der Waals surface area contributed by atoms with Gasteiger partial charge in [-0.15, -0.1) is 0 Å². The summed E-state index contributed by atoms with van der Waals surface area (Å²) in [6, 6.07) is 7.42. The number of para-hydroxylation sites is 1. The molecule has 3 heteroatoms. The highest BCUT2D eigenvalue weighted by molar-refractivity contribution is 9.11. The van der Waals surface area contributed by atoms with Crippen LogP contribution in [0.25, 0.3) is 0 Å². The molecule has 2 nitrogen and oxygen atoms in total. The molecular weight excluding hydrogens is 244 g/mol. The highest BCUT2D eigenvalue weighted by Crippen LogP contribution is 2.25. The van der Waals surface area contributed by atoms with E-state index in [1.54, 1.807) is 6.92 Å². The maximum Gasteiger partial charge on any atom is 0.125 e. The van der Waals surface area contributed by atoms with Crippen molar-refractivity contribution in [3.63, 3.8) is 0 Å². The van der Waals surface area contributed by atoms with Crippen molar-refractivity contribution in [2.24, 2.45) is 0 Å². The molecule has 0 aliphatic heterocycles. The SMILES string of the molecule is C=C(Br)COc1ccccc1C(C)O. The summed E-state index contributed by atoms with van der Waals surface area (Å²) in [6.45, 7) is 5.79. The van der Waals surface area contributed by atoms with Gasteiger partial charge in [-0.3, -0.25) is 0 Å². The lowest BCUT2D eigenvalue weighted by atomic mass is 10.1. The van der Waals surface area contributed by atoms with Crippen molar-refractivity contribution < 1.29 is 9.84 Å². The second kappa shape index (κ2) is 5.17. The van der Waals surface area contributed by atoms with Crippen molar-refractivity contribution in [1.29, 1.82) is 0 Å². The maximum atomic E-state index is 9.46. The molecule has 1 aromatic carbocycles. The molecule has 76 valence electrons. The van der Waals surface area contributed by atoms with Crippen LogP contribution in [0.4, 0.5) is 0 Å². The van der Waals surface area contributed by atoms with Crippen molar-refractivity contribution in [2.45, 2.75) is 13.0 Å².